The highest BCUT2D eigenvalue weighted by atomic mass is 35.5. The quantitative estimate of drug-likeness (QED) is 0.582. The maximum Gasteiger partial charge on any atom is 0.0412 e. The Morgan fingerprint density at radius 3 is 2.20 bits per heavy atom. The number of nitrogens with zero attached hydrogens (tertiary/aromatic N) is 1. The normalized spacial score (nSPS) is 10.4. The van der Waals surface area contributed by atoms with Crippen LogP contribution in [0.2, 0.25) is 5.02 Å². The molecular formula is C17H18ClNS. The minimum atomic E-state index is 0.796. The maximum absolute atomic E-state index is 5.98. The largest absolute Gasteiger partial charge is 0.312 e. The summed E-state index contributed by atoms with van der Waals surface area (Å²) in [6.07, 6.45) is 0. The third-order valence-corrected chi connectivity index (χ3v) is 3.94. The summed E-state index contributed by atoms with van der Waals surface area (Å²) in [5.41, 5.74) is 1.26. The SMILES string of the molecule is CN(C)C.Clc1ccc2sc(-c3ccccc3)cc2c1. The van der Waals surface area contributed by atoms with Gasteiger partial charge in [0.15, 0.2) is 0 Å². The Morgan fingerprint density at radius 2 is 1.55 bits per heavy atom. The lowest BCUT2D eigenvalue weighted by Gasteiger charge is -1.93. The molecule has 3 aromatic rings. The summed E-state index contributed by atoms with van der Waals surface area (Å²) in [4.78, 5) is 3.29. The summed E-state index contributed by atoms with van der Waals surface area (Å²) in [6.45, 7) is 0. The smallest absolute Gasteiger partial charge is 0.0412 e. The Kier molecular flexibility index (Phi) is 5.18. The summed E-state index contributed by atoms with van der Waals surface area (Å²) >= 11 is 7.78. The second-order valence-corrected chi connectivity index (χ2v) is 6.52. The molecule has 0 amide bonds. The van der Waals surface area contributed by atoms with Gasteiger partial charge in [-0.2, -0.15) is 0 Å². The van der Waals surface area contributed by atoms with E-state index in [1.807, 2.05) is 44.2 Å². The van der Waals surface area contributed by atoms with Crippen molar-refractivity contribution in [3.05, 3.63) is 59.6 Å². The summed E-state index contributed by atoms with van der Waals surface area (Å²) in [7, 11) is 6.00. The van der Waals surface area contributed by atoms with Crippen molar-refractivity contribution in [2.45, 2.75) is 0 Å². The molecule has 0 aliphatic heterocycles. The standard InChI is InChI=1S/C14H9ClS.C3H9N/c15-12-6-7-13-11(8-12)9-14(16-13)10-4-2-1-3-5-10;1-4(2)3/h1-9H;1-3H3. The Hall–Kier alpha value is -1.35. The molecule has 0 N–H and O–H groups in total. The van der Waals surface area contributed by atoms with Crippen LogP contribution in [0.5, 0.6) is 0 Å². The van der Waals surface area contributed by atoms with Crippen molar-refractivity contribution in [1.29, 1.82) is 0 Å². The van der Waals surface area contributed by atoms with Gasteiger partial charge < -0.3 is 4.90 Å². The van der Waals surface area contributed by atoms with E-state index < -0.39 is 0 Å². The minimum absolute atomic E-state index is 0.796. The first-order valence-electron chi connectivity index (χ1n) is 6.41. The van der Waals surface area contributed by atoms with E-state index in [1.165, 1.54) is 20.5 Å². The second kappa shape index (κ2) is 6.89. The van der Waals surface area contributed by atoms with Crippen molar-refractivity contribution in [2.24, 2.45) is 0 Å². The van der Waals surface area contributed by atoms with Gasteiger partial charge >= 0.3 is 0 Å². The number of thiophene rings is 1. The van der Waals surface area contributed by atoms with Crippen LogP contribution in [0, 0.1) is 0 Å². The van der Waals surface area contributed by atoms with E-state index in [4.69, 9.17) is 11.6 Å². The first-order chi connectivity index (χ1) is 9.56. The molecule has 0 aliphatic carbocycles. The van der Waals surface area contributed by atoms with Crippen LogP contribution in [0.25, 0.3) is 20.5 Å². The first kappa shape index (κ1) is 15.0. The van der Waals surface area contributed by atoms with Crippen molar-refractivity contribution in [3.8, 4) is 10.4 Å². The van der Waals surface area contributed by atoms with Gasteiger partial charge in [0, 0.05) is 14.6 Å². The van der Waals surface area contributed by atoms with Crippen LogP contribution < -0.4 is 0 Å². The number of hydrogen-bond acceptors (Lipinski definition) is 2. The van der Waals surface area contributed by atoms with Crippen molar-refractivity contribution < 1.29 is 0 Å². The zero-order chi connectivity index (χ0) is 14.5. The predicted molar refractivity (Wildman–Crippen MR) is 91.9 cm³/mol. The zero-order valence-electron chi connectivity index (χ0n) is 11.9. The van der Waals surface area contributed by atoms with Gasteiger partial charge in [-0.15, -0.1) is 11.3 Å². The summed E-state index contributed by atoms with van der Waals surface area (Å²) in [5, 5.41) is 2.02. The summed E-state index contributed by atoms with van der Waals surface area (Å²) in [6, 6.07) is 18.6. The molecule has 20 heavy (non-hydrogen) atoms. The van der Waals surface area contributed by atoms with E-state index in [-0.39, 0.29) is 0 Å². The van der Waals surface area contributed by atoms with Gasteiger partial charge in [0.25, 0.3) is 0 Å². The maximum atomic E-state index is 5.98. The van der Waals surface area contributed by atoms with Crippen molar-refractivity contribution in [2.75, 3.05) is 21.1 Å². The fourth-order valence-electron chi connectivity index (χ4n) is 1.76. The lowest BCUT2D eigenvalue weighted by Crippen LogP contribution is -1.99. The highest BCUT2D eigenvalue weighted by Crippen LogP contribution is 2.34. The zero-order valence-corrected chi connectivity index (χ0v) is 13.5. The van der Waals surface area contributed by atoms with Gasteiger partial charge in [-0.05, 0) is 56.4 Å². The minimum Gasteiger partial charge on any atom is -0.312 e. The number of rotatable bonds is 1. The molecule has 2 aromatic carbocycles. The molecule has 0 unspecified atom stereocenters. The predicted octanol–water partition coefficient (Wildman–Crippen LogP) is 5.40. The van der Waals surface area contributed by atoms with Crippen LogP contribution >= 0.6 is 22.9 Å². The average molecular weight is 304 g/mol. The molecular weight excluding hydrogens is 286 g/mol. The number of fused-ring (bicyclic) bond motifs is 1. The van der Waals surface area contributed by atoms with Crippen molar-refractivity contribution >= 4 is 33.0 Å². The highest BCUT2D eigenvalue weighted by Gasteiger charge is 2.03. The van der Waals surface area contributed by atoms with Gasteiger partial charge in [0.05, 0.1) is 0 Å². The summed E-state index contributed by atoms with van der Waals surface area (Å²) < 4.78 is 1.28. The molecule has 0 fully saturated rings. The molecule has 3 heteroatoms. The Morgan fingerprint density at radius 1 is 0.900 bits per heavy atom. The molecule has 1 heterocycles. The van der Waals surface area contributed by atoms with Gasteiger partial charge in [-0.25, -0.2) is 0 Å². The lowest BCUT2D eigenvalue weighted by atomic mass is 10.1. The van der Waals surface area contributed by atoms with Gasteiger partial charge in [-0.3, -0.25) is 0 Å². The van der Waals surface area contributed by atoms with E-state index in [9.17, 15) is 0 Å². The number of halogens is 1. The van der Waals surface area contributed by atoms with Crippen LogP contribution in [0.3, 0.4) is 0 Å². The van der Waals surface area contributed by atoms with Gasteiger partial charge in [-0.1, -0.05) is 41.9 Å². The fraction of sp³-hybridized carbons (Fsp3) is 0.176. The van der Waals surface area contributed by atoms with Crippen LogP contribution in [-0.2, 0) is 0 Å². The third kappa shape index (κ3) is 4.07. The van der Waals surface area contributed by atoms with E-state index in [2.05, 4.69) is 36.4 Å². The van der Waals surface area contributed by atoms with E-state index >= 15 is 0 Å². The first-order valence-corrected chi connectivity index (χ1v) is 7.61. The molecule has 0 aliphatic rings. The number of benzene rings is 2. The Bertz CT molecular complexity index is 671. The van der Waals surface area contributed by atoms with Crippen molar-refractivity contribution in [1.82, 2.24) is 4.90 Å². The van der Waals surface area contributed by atoms with Gasteiger partial charge in [0.2, 0.25) is 0 Å². The molecule has 104 valence electrons. The molecule has 0 radical (unpaired) electrons. The highest BCUT2D eigenvalue weighted by molar-refractivity contribution is 7.22. The molecule has 1 aromatic heterocycles. The summed E-state index contributed by atoms with van der Waals surface area (Å²) in [5.74, 6) is 0. The van der Waals surface area contributed by atoms with Crippen LogP contribution in [-0.4, -0.2) is 26.0 Å². The molecule has 0 atom stereocenters. The molecule has 3 rings (SSSR count). The Balaban J connectivity index is 0.000000328. The second-order valence-electron chi connectivity index (χ2n) is 5.00. The molecule has 0 saturated heterocycles. The molecule has 0 spiro atoms. The van der Waals surface area contributed by atoms with Crippen LogP contribution in [0.4, 0.5) is 0 Å². The lowest BCUT2D eigenvalue weighted by molar-refractivity contribution is 0.505. The molecule has 0 saturated carbocycles. The van der Waals surface area contributed by atoms with Crippen LogP contribution in [0.1, 0.15) is 0 Å². The van der Waals surface area contributed by atoms with Gasteiger partial charge in [0.1, 0.15) is 0 Å². The topological polar surface area (TPSA) is 3.24 Å². The van der Waals surface area contributed by atoms with E-state index in [1.54, 1.807) is 11.3 Å². The van der Waals surface area contributed by atoms with E-state index in [0.29, 0.717) is 0 Å². The fourth-order valence-corrected chi connectivity index (χ4v) is 2.99. The molecule has 0 bridgehead atoms. The van der Waals surface area contributed by atoms with E-state index in [0.717, 1.165) is 5.02 Å². The molecule has 1 nitrogen and oxygen atoms in total. The van der Waals surface area contributed by atoms with Crippen molar-refractivity contribution in [3.63, 3.8) is 0 Å². The third-order valence-electron chi connectivity index (χ3n) is 2.54. The number of hydrogen-bond donors (Lipinski definition) is 0. The Labute approximate surface area is 129 Å². The average Bonchev–Trinajstić information content (AvgIpc) is 2.82. The van der Waals surface area contributed by atoms with Crippen LogP contribution in [0.15, 0.2) is 54.6 Å². The monoisotopic (exact) mass is 303 g/mol.